The molecular weight excluding hydrogens is 374 g/mol. The van der Waals surface area contributed by atoms with Crippen molar-refractivity contribution >= 4 is 23.5 Å². The molecule has 0 unspecified atom stereocenters. The van der Waals surface area contributed by atoms with Gasteiger partial charge in [-0.15, -0.1) is 0 Å². The molecule has 1 aliphatic rings. The molecule has 0 aliphatic carbocycles. The van der Waals surface area contributed by atoms with E-state index in [2.05, 4.69) is 44.6 Å². The molecule has 0 spiro atoms. The summed E-state index contributed by atoms with van der Waals surface area (Å²) in [7, 11) is 4.04. The second kappa shape index (κ2) is 8.86. The summed E-state index contributed by atoms with van der Waals surface area (Å²) in [6.45, 7) is 2.18. The Morgan fingerprint density at radius 3 is 2.30 bits per heavy atom. The fourth-order valence-corrected chi connectivity index (χ4v) is 3.67. The van der Waals surface area contributed by atoms with E-state index >= 15 is 0 Å². The van der Waals surface area contributed by atoms with Gasteiger partial charge in [0.25, 0.3) is 5.91 Å². The molecule has 3 aromatic rings. The van der Waals surface area contributed by atoms with Gasteiger partial charge in [-0.25, -0.2) is 5.43 Å². The average Bonchev–Trinajstić information content (AvgIpc) is 3.46. The minimum atomic E-state index is -0.215. The highest BCUT2D eigenvalue weighted by atomic mass is 16.2. The fourth-order valence-electron chi connectivity index (χ4n) is 3.67. The van der Waals surface area contributed by atoms with E-state index in [-0.39, 0.29) is 5.91 Å². The molecule has 1 saturated heterocycles. The zero-order chi connectivity index (χ0) is 20.9. The van der Waals surface area contributed by atoms with E-state index in [9.17, 15) is 4.79 Å². The number of carbonyl (C=O) groups is 1. The number of benzene rings is 2. The fraction of sp³-hybridized carbons (Fsp3) is 0.250. The minimum Gasteiger partial charge on any atom is -0.378 e. The number of hydrogen-bond donors (Lipinski definition) is 1. The number of hydrazone groups is 1. The maximum Gasteiger partial charge on any atom is 0.271 e. The number of amides is 1. The molecule has 4 rings (SSSR count). The summed E-state index contributed by atoms with van der Waals surface area (Å²) in [6, 6.07) is 19.9. The lowest BCUT2D eigenvalue weighted by atomic mass is 10.2. The number of rotatable bonds is 6. The van der Waals surface area contributed by atoms with Crippen LogP contribution in [-0.4, -0.2) is 43.9 Å². The molecule has 1 aromatic heterocycles. The summed E-state index contributed by atoms with van der Waals surface area (Å²) in [5.74, 6) is -0.215. The molecule has 30 heavy (non-hydrogen) atoms. The van der Waals surface area contributed by atoms with E-state index in [1.807, 2.05) is 61.3 Å². The van der Waals surface area contributed by atoms with Crippen LogP contribution in [0, 0.1) is 0 Å². The molecule has 1 aliphatic heterocycles. The molecule has 6 heteroatoms. The van der Waals surface area contributed by atoms with Crippen LogP contribution in [0.4, 0.5) is 11.4 Å². The molecule has 0 bridgehead atoms. The molecule has 2 aromatic carbocycles. The molecule has 1 amide bonds. The van der Waals surface area contributed by atoms with Crippen molar-refractivity contribution in [3.63, 3.8) is 0 Å². The highest BCUT2D eigenvalue weighted by Gasteiger charge is 2.13. The first-order chi connectivity index (χ1) is 14.6. The molecule has 1 fully saturated rings. The van der Waals surface area contributed by atoms with Crippen LogP contribution in [0.5, 0.6) is 0 Å². The van der Waals surface area contributed by atoms with Gasteiger partial charge in [0.15, 0.2) is 0 Å². The number of anilines is 2. The van der Waals surface area contributed by atoms with Gasteiger partial charge in [0, 0.05) is 56.0 Å². The first kappa shape index (κ1) is 19.8. The zero-order valence-corrected chi connectivity index (χ0v) is 17.5. The van der Waals surface area contributed by atoms with Crippen molar-refractivity contribution in [2.75, 3.05) is 37.0 Å². The van der Waals surface area contributed by atoms with E-state index < -0.39 is 0 Å². The Hall–Kier alpha value is -3.54. The Kier molecular flexibility index (Phi) is 5.84. The van der Waals surface area contributed by atoms with E-state index in [1.165, 1.54) is 18.5 Å². The van der Waals surface area contributed by atoms with E-state index in [0.29, 0.717) is 5.56 Å². The third-order valence-electron chi connectivity index (χ3n) is 5.39. The van der Waals surface area contributed by atoms with Crippen molar-refractivity contribution in [3.8, 4) is 5.69 Å². The predicted octanol–water partition coefficient (Wildman–Crippen LogP) is 3.91. The summed E-state index contributed by atoms with van der Waals surface area (Å²) >= 11 is 0. The van der Waals surface area contributed by atoms with Crippen LogP contribution in [0.25, 0.3) is 5.69 Å². The lowest BCUT2D eigenvalue weighted by molar-refractivity contribution is 0.0955. The van der Waals surface area contributed by atoms with E-state index in [1.54, 1.807) is 6.21 Å². The Bertz CT molecular complexity index is 1010. The second-order valence-electron chi connectivity index (χ2n) is 7.65. The van der Waals surface area contributed by atoms with E-state index in [0.717, 1.165) is 30.2 Å². The zero-order valence-electron chi connectivity index (χ0n) is 17.5. The number of aromatic nitrogens is 1. The largest absolute Gasteiger partial charge is 0.378 e. The predicted molar refractivity (Wildman–Crippen MR) is 123 cm³/mol. The van der Waals surface area contributed by atoms with Gasteiger partial charge >= 0.3 is 0 Å². The third kappa shape index (κ3) is 4.38. The first-order valence-corrected chi connectivity index (χ1v) is 10.3. The smallest absolute Gasteiger partial charge is 0.271 e. The molecule has 0 saturated carbocycles. The minimum absolute atomic E-state index is 0.215. The lowest BCUT2D eigenvalue weighted by Gasteiger charge is -2.17. The van der Waals surface area contributed by atoms with Crippen LogP contribution in [0.15, 0.2) is 72.0 Å². The van der Waals surface area contributed by atoms with Gasteiger partial charge in [-0.1, -0.05) is 0 Å². The highest BCUT2D eigenvalue weighted by Crippen LogP contribution is 2.20. The molecule has 154 valence electrons. The van der Waals surface area contributed by atoms with Gasteiger partial charge < -0.3 is 14.4 Å². The van der Waals surface area contributed by atoms with Crippen LogP contribution >= 0.6 is 0 Å². The summed E-state index contributed by atoms with van der Waals surface area (Å²) < 4.78 is 2.03. The molecular formula is C24H27N5O. The molecule has 6 nitrogen and oxygen atoms in total. The summed E-state index contributed by atoms with van der Waals surface area (Å²) in [5.41, 5.74) is 7.47. The topological polar surface area (TPSA) is 52.9 Å². The standard InChI is InChI=1S/C24H27N5O/c1-27(2)20-11-13-22(14-12-20)29-17-5-6-23(29)18-25-26-24(30)19-7-9-21(10-8-19)28-15-3-4-16-28/h5-14,17-18H,3-4,15-16H2,1-2H3,(H,26,30)/b25-18-. The van der Waals surface area contributed by atoms with E-state index in [4.69, 9.17) is 0 Å². The molecule has 1 N–H and O–H groups in total. The third-order valence-corrected chi connectivity index (χ3v) is 5.39. The van der Waals surface area contributed by atoms with Crippen molar-refractivity contribution in [2.24, 2.45) is 5.10 Å². The molecule has 2 heterocycles. The van der Waals surface area contributed by atoms with Crippen LogP contribution < -0.4 is 15.2 Å². The van der Waals surface area contributed by atoms with Crippen molar-refractivity contribution in [1.82, 2.24) is 9.99 Å². The van der Waals surface area contributed by atoms with Crippen LogP contribution in [0.3, 0.4) is 0 Å². The van der Waals surface area contributed by atoms with Gasteiger partial charge in [-0.05, 0) is 73.5 Å². The van der Waals surface area contributed by atoms with Gasteiger partial charge in [0.1, 0.15) is 0 Å². The van der Waals surface area contributed by atoms with Gasteiger partial charge in [0.2, 0.25) is 0 Å². The molecule has 0 radical (unpaired) electrons. The summed E-state index contributed by atoms with van der Waals surface area (Å²) in [6.07, 6.45) is 6.11. The second-order valence-corrected chi connectivity index (χ2v) is 7.65. The van der Waals surface area contributed by atoms with Crippen LogP contribution in [0.2, 0.25) is 0 Å². The number of nitrogens with one attached hydrogen (secondary N) is 1. The normalized spacial score (nSPS) is 13.7. The maximum atomic E-state index is 12.4. The Labute approximate surface area is 177 Å². The average molecular weight is 402 g/mol. The number of carbonyl (C=O) groups excluding carboxylic acids is 1. The summed E-state index contributed by atoms with van der Waals surface area (Å²) in [4.78, 5) is 16.8. The first-order valence-electron chi connectivity index (χ1n) is 10.3. The van der Waals surface area contributed by atoms with Gasteiger partial charge in [-0.2, -0.15) is 5.10 Å². The Balaban J connectivity index is 1.40. The SMILES string of the molecule is CN(C)c1ccc(-n2cccc2/C=N\NC(=O)c2ccc(N3CCCC3)cc2)cc1. The van der Waals surface area contributed by atoms with Crippen molar-refractivity contribution < 1.29 is 4.79 Å². The lowest BCUT2D eigenvalue weighted by Crippen LogP contribution is -2.19. The molecule has 0 atom stereocenters. The maximum absolute atomic E-state index is 12.4. The highest BCUT2D eigenvalue weighted by molar-refractivity contribution is 5.95. The van der Waals surface area contributed by atoms with Crippen LogP contribution in [0.1, 0.15) is 28.9 Å². The Morgan fingerprint density at radius 1 is 0.967 bits per heavy atom. The van der Waals surface area contributed by atoms with Gasteiger partial charge in [-0.3, -0.25) is 4.79 Å². The van der Waals surface area contributed by atoms with Crippen molar-refractivity contribution in [2.45, 2.75) is 12.8 Å². The summed E-state index contributed by atoms with van der Waals surface area (Å²) in [5, 5.41) is 4.16. The monoisotopic (exact) mass is 401 g/mol. The Morgan fingerprint density at radius 2 is 1.63 bits per heavy atom. The number of nitrogens with zero attached hydrogens (tertiary/aromatic N) is 4. The quantitative estimate of drug-likeness (QED) is 0.503. The van der Waals surface area contributed by atoms with Crippen LogP contribution in [-0.2, 0) is 0 Å². The van der Waals surface area contributed by atoms with Crippen molar-refractivity contribution in [1.29, 1.82) is 0 Å². The van der Waals surface area contributed by atoms with Crippen molar-refractivity contribution in [3.05, 3.63) is 78.1 Å². The van der Waals surface area contributed by atoms with Gasteiger partial charge in [0.05, 0.1) is 11.9 Å². The number of hydrogen-bond acceptors (Lipinski definition) is 4.